The van der Waals surface area contributed by atoms with Gasteiger partial charge in [0.25, 0.3) is 0 Å². The second-order valence-electron chi connectivity index (χ2n) is 5.19. The first kappa shape index (κ1) is 14.1. The summed E-state index contributed by atoms with van der Waals surface area (Å²) >= 11 is 6.72. The lowest BCUT2D eigenvalue weighted by atomic mass is 9.76. The molecule has 0 aliphatic heterocycles. The van der Waals surface area contributed by atoms with Crippen LogP contribution < -0.4 is 5.32 Å². The van der Waals surface area contributed by atoms with Gasteiger partial charge in [-0.1, -0.05) is 28.1 Å². The van der Waals surface area contributed by atoms with Crippen molar-refractivity contribution >= 4 is 37.5 Å². The fraction of sp³-hybridized carbons (Fsp3) is 0.250. The Hall–Kier alpha value is -0.870. The highest BCUT2D eigenvalue weighted by Crippen LogP contribution is 2.39. The van der Waals surface area contributed by atoms with Crippen molar-refractivity contribution in [2.75, 3.05) is 5.32 Å². The average Bonchev–Trinajstić information content (AvgIpc) is 2.37. The fourth-order valence-corrected chi connectivity index (χ4v) is 3.39. The topological polar surface area (TPSA) is 12.0 Å². The normalized spacial score (nSPS) is 21.4. The minimum atomic E-state index is -0.226. The largest absolute Gasteiger partial charge is 0.382 e. The Balaban J connectivity index is 1.59. The molecule has 20 heavy (non-hydrogen) atoms. The van der Waals surface area contributed by atoms with E-state index in [1.54, 1.807) is 12.1 Å². The van der Waals surface area contributed by atoms with Crippen molar-refractivity contribution in [3.8, 4) is 0 Å². The number of halogens is 3. The van der Waals surface area contributed by atoms with Gasteiger partial charge in [0.05, 0.1) is 4.47 Å². The van der Waals surface area contributed by atoms with Gasteiger partial charge in [0.1, 0.15) is 5.82 Å². The van der Waals surface area contributed by atoms with E-state index in [-0.39, 0.29) is 5.82 Å². The summed E-state index contributed by atoms with van der Waals surface area (Å²) < 4.78 is 14.8. The minimum Gasteiger partial charge on any atom is -0.382 e. The number of benzene rings is 2. The number of nitrogens with one attached hydrogen (secondary N) is 1. The molecule has 2 aromatic carbocycles. The smallest absolute Gasteiger partial charge is 0.137 e. The molecular weight excluding hydrogens is 385 g/mol. The van der Waals surface area contributed by atoms with Crippen molar-refractivity contribution in [1.29, 1.82) is 0 Å². The third-order valence-electron chi connectivity index (χ3n) is 3.75. The summed E-state index contributed by atoms with van der Waals surface area (Å²) in [7, 11) is 0. The van der Waals surface area contributed by atoms with E-state index in [4.69, 9.17) is 0 Å². The monoisotopic (exact) mass is 397 g/mol. The Labute approximate surface area is 134 Å². The maximum absolute atomic E-state index is 13.2. The summed E-state index contributed by atoms with van der Waals surface area (Å²) in [4.78, 5) is 0. The summed E-state index contributed by atoms with van der Waals surface area (Å²) in [5, 5.41) is 3.45. The lowest BCUT2D eigenvalue weighted by Gasteiger charge is -2.37. The zero-order valence-electron chi connectivity index (χ0n) is 10.7. The molecular formula is C16H14Br2FN. The zero-order chi connectivity index (χ0) is 14.1. The van der Waals surface area contributed by atoms with Crippen LogP contribution in [0.3, 0.4) is 0 Å². The van der Waals surface area contributed by atoms with E-state index in [1.165, 1.54) is 11.6 Å². The van der Waals surface area contributed by atoms with Crippen LogP contribution in [-0.4, -0.2) is 6.04 Å². The molecule has 0 amide bonds. The summed E-state index contributed by atoms with van der Waals surface area (Å²) in [6.07, 6.45) is 2.23. The van der Waals surface area contributed by atoms with E-state index in [1.807, 2.05) is 6.07 Å². The Morgan fingerprint density at radius 2 is 1.85 bits per heavy atom. The molecule has 0 atom stereocenters. The Morgan fingerprint density at radius 1 is 1.05 bits per heavy atom. The molecule has 4 heteroatoms. The number of anilines is 1. The molecule has 1 nitrogen and oxygen atoms in total. The van der Waals surface area contributed by atoms with E-state index in [2.05, 4.69) is 55.4 Å². The SMILES string of the molecule is Fc1ccc(NC2CC(c3cccc(Br)c3)C2)cc1Br. The van der Waals surface area contributed by atoms with Crippen LogP contribution in [0.2, 0.25) is 0 Å². The highest BCUT2D eigenvalue weighted by Gasteiger charge is 2.30. The summed E-state index contributed by atoms with van der Waals surface area (Å²) in [6.45, 7) is 0. The van der Waals surface area contributed by atoms with E-state index in [0.717, 1.165) is 23.0 Å². The van der Waals surface area contributed by atoms with E-state index < -0.39 is 0 Å². The van der Waals surface area contributed by atoms with Crippen LogP contribution in [0.1, 0.15) is 24.3 Å². The van der Waals surface area contributed by atoms with Crippen LogP contribution in [0, 0.1) is 5.82 Å². The second-order valence-corrected chi connectivity index (χ2v) is 6.96. The van der Waals surface area contributed by atoms with Crippen molar-refractivity contribution in [1.82, 2.24) is 0 Å². The quantitative estimate of drug-likeness (QED) is 0.698. The third-order valence-corrected chi connectivity index (χ3v) is 4.85. The van der Waals surface area contributed by atoms with Gasteiger partial charge in [0.15, 0.2) is 0 Å². The van der Waals surface area contributed by atoms with Gasteiger partial charge in [-0.05, 0) is 70.6 Å². The molecule has 0 spiro atoms. The predicted molar refractivity (Wildman–Crippen MR) is 87.6 cm³/mol. The minimum absolute atomic E-state index is 0.226. The Kier molecular flexibility index (Phi) is 4.13. The van der Waals surface area contributed by atoms with Gasteiger partial charge in [0, 0.05) is 16.2 Å². The number of rotatable bonds is 3. The van der Waals surface area contributed by atoms with Crippen molar-refractivity contribution in [3.05, 3.63) is 62.8 Å². The summed E-state index contributed by atoms with van der Waals surface area (Å²) in [5.74, 6) is 0.394. The van der Waals surface area contributed by atoms with Crippen LogP contribution >= 0.6 is 31.9 Å². The van der Waals surface area contributed by atoms with Crippen LogP contribution in [0.15, 0.2) is 51.4 Å². The maximum Gasteiger partial charge on any atom is 0.137 e. The molecule has 1 N–H and O–H groups in total. The maximum atomic E-state index is 13.2. The van der Waals surface area contributed by atoms with Gasteiger partial charge in [0.2, 0.25) is 0 Å². The molecule has 0 bridgehead atoms. The van der Waals surface area contributed by atoms with Crippen LogP contribution in [0.4, 0.5) is 10.1 Å². The van der Waals surface area contributed by atoms with Gasteiger partial charge in [-0.15, -0.1) is 0 Å². The van der Waals surface area contributed by atoms with Crippen molar-refractivity contribution < 1.29 is 4.39 Å². The van der Waals surface area contributed by atoms with E-state index >= 15 is 0 Å². The van der Waals surface area contributed by atoms with E-state index in [0.29, 0.717) is 16.4 Å². The third kappa shape index (κ3) is 3.07. The number of hydrogen-bond acceptors (Lipinski definition) is 1. The van der Waals surface area contributed by atoms with Gasteiger partial charge in [-0.25, -0.2) is 4.39 Å². The standard InChI is InChI=1S/C16H14Br2FN/c17-12-3-1-2-10(6-12)11-7-14(8-11)20-13-4-5-16(19)15(18)9-13/h1-6,9,11,14,20H,7-8H2. The lowest BCUT2D eigenvalue weighted by molar-refractivity contribution is 0.374. The van der Waals surface area contributed by atoms with Crippen molar-refractivity contribution in [2.45, 2.75) is 24.8 Å². The molecule has 0 unspecified atom stereocenters. The first-order valence-corrected chi connectivity index (χ1v) is 8.17. The molecule has 0 radical (unpaired) electrons. The molecule has 0 saturated heterocycles. The van der Waals surface area contributed by atoms with Crippen molar-refractivity contribution in [3.63, 3.8) is 0 Å². The van der Waals surface area contributed by atoms with Gasteiger partial charge >= 0.3 is 0 Å². The molecule has 104 valence electrons. The molecule has 1 aliphatic rings. The molecule has 1 aliphatic carbocycles. The highest BCUT2D eigenvalue weighted by molar-refractivity contribution is 9.10. The molecule has 1 fully saturated rings. The molecule has 3 rings (SSSR count). The van der Waals surface area contributed by atoms with Gasteiger partial charge in [-0.2, -0.15) is 0 Å². The number of hydrogen-bond donors (Lipinski definition) is 1. The van der Waals surface area contributed by atoms with Crippen molar-refractivity contribution in [2.24, 2.45) is 0 Å². The first-order chi connectivity index (χ1) is 9.61. The van der Waals surface area contributed by atoms with Gasteiger partial charge in [-0.3, -0.25) is 0 Å². The predicted octanol–water partition coefficient (Wildman–Crippen LogP) is 5.71. The fourth-order valence-electron chi connectivity index (χ4n) is 2.59. The van der Waals surface area contributed by atoms with Gasteiger partial charge < -0.3 is 5.32 Å². The Bertz CT molecular complexity index is 624. The highest BCUT2D eigenvalue weighted by atomic mass is 79.9. The molecule has 0 aromatic heterocycles. The lowest BCUT2D eigenvalue weighted by Crippen LogP contribution is -2.34. The second kappa shape index (κ2) is 5.86. The molecule has 0 heterocycles. The first-order valence-electron chi connectivity index (χ1n) is 6.59. The average molecular weight is 399 g/mol. The summed E-state index contributed by atoms with van der Waals surface area (Å²) in [6, 6.07) is 14.0. The molecule has 2 aromatic rings. The van der Waals surface area contributed by atoms with E-state index in [9.17, 15) is 4.39 Å². The van der Waals surface area contributed by atoms with Crippen LogP contribution in [0.5, 0.6) is 0 Å². The molecule has 1 saturated carbocycles. The van der Waals surface area contributed by atoms with Crippen LogP contribution in [-0.2, 0) is 0 Å². The Morgan fingerprint density at radius 3 is 2.55 bits per heavy atom. The zero-order valence-corrected chi connectivity index (χ0v) is 13.9. The summed E-state index contributed by atoms with van der Waals surface area (Å²) in [5.41, 5.74) is 2.36. The van der Waals surface area contributed by atoms with Crippen LogP contribution in [0.25, 0.3) is 0 Å².